The van der Waals surface area contributed by atoms with Crippen LogP contribution in [0.25, 0.3) is 0 Å². The number of ketones is 1. The molecule has 0 fully saturated rings. The van der Waals surface area contributed by atoms with Crippen LogP contribution in [0.1, 0.15) is 33.8 Å². The molecule has 0 bridgehead atoms. The predicted octanol–water partition coefficient (Wildman–Crippen LogP) is 3.85. The summed E-state index contributed by atoms with van der Waals surface area (Å²) in [6.07, 6.45) is 1.50. The van der Waals surface area contributed by atoms with Gasteiger partial charge in [-0.1, -0.05) is 54.6 Å². The average molecular weight is 250 g/mol. The van der Waals surface area contributed by atoms with Crippen LogP contribution >= 0.6 is 0 Å². The lowest BCUT2D eigenvalue weighted by molar-refractivity contribution is 0.102. The summed E-state index contributed by atoms with van der Waals surface area (Å²) in [5, 5.41) is 9.27. The summed E-state index contributed by atoms with van der Waals surface area (Å²) < 4.78 is 0. The third kappa shape index (κ3) is 1.95. The van der Waals surface area contributed by atoms with Crippen LogP contribution < -0.4 is 0 Å². The monoisotopic (exact) mass is 250 g/mol. The van der Waals surface area contributed by atoms with Crippen molar-refractivity contribution in [3.63, 3.8) is 0 Å². The van der Waals surface area contributed by atoms with Gasteiger partial charge in [-0.25, -0.2) is 0 Å². The molecule has 0 aromatic heterocycles. The van der Waals surface area contributed by atoms with E-state index in [1.54, 1.807) is 0 Å². The van der Waals surface area contributed by atoms with Crippen LogP contribution in [0.4, 0.5) is 0 Å². The number of carbonyl (C=O) groups excluding carboxylic acids is 1. The van der Waals surface area contributed by atoms with E-state index < -0.39 is 0 Å². The Morgan fingerprint density at radius 1 is 1.00 bits per heavy atom. The number of aliphatic hydroxyl groups excluding tert-OH is 1. The normalized spacial score (nSPS) is 20.3. The zero-order valence-corrected chi connectivity index (χ0v) is 10.4. The van der Waals surface area contributed by atoms with Crippen LogP contribution in [-0.4, -0.2) is 10.9 Å². The van der Waals surface area contributed by atoms with Crippen molar-refractivity contribution in [1.82, 2.24) is 0 Å². The Kier molecular flexibility index (Phi) is 2.92. The van der Waals surface area contributed by atoms with E-state index in [-0.39, 0.29) is 11.7 Å². The predicted molar refractivity (Wildman–Crippen MR) is 74.4 cm³/mol. The Labute approximate surface area is 112 Å². The molecule has 0 spiro atoms. The molecule has 2 nitrogen and oxygen atoms in total. The first-order chi connectivity index (χ1) is 9.31. The van der Waals surface area contributed by atoms with E-state index in [9.17, 15) is 9.90 Å². The van der Waals surface area contributed by atoms with Crippen LogP contribution in [0, 0.1) is 0 Å². The van der Waals surface area contributed by atoms with Gasteiger partial charge in [0, 0.05) is 17.1 Å². The Bertz CT molecular complexity index is 641. The lowest BCUT2D eigenvalue weighted by Gasteiger charge is -2.26. The number of carbonyl (C=O) groups is 1. The van der Waals surface area contributed by atoms with E-state index in [2.05, 4.69) is 12.1 Å². The first-order valence-electron chi connectivity index (χ1n) is 6.33. The number of aliphatic hydroxyl groups is 1. The molecule has 0 amide bonds. The Morgan fingerprint density at radius 3 is 2.42 bits per heavy atom. The van der Waals surface area contributed by atoms with Gasteiger partial charge in [-0.15, -0.1) is 0 Å². The van der Waals surface area contributed by atoms with Gasteiger partial charge in [0.05, 0.1) is 6.26 Å². The highest BCUT2D eigenvalue weighted by Gasteiger charge is 2.29. The molecule has 19 heavy (non-hydrogen) atoms. The maximum absolute atomic E-state index is 12.2. The molecule has 0 aliphatic heterocycles. The maximum atomic E-state index is 12.2. The minimum absolute atomic E-state index is 0.0646. The lowest BCUT2D eigenvalue weighted by Crippen LogP contribution is -2.19. The molecular weight excluding hydrogens is 236 g/mol. The lowest BCUT2D eigenvalue weighted by atomic mass is 9.76. The van der Waals surface area contributed by atoms with Crippen molar-refractivity contribution in [3.05, 3.63) is 83.1 Å². The van der Waals surface area contributed by atoms with Crippen LogP contribution in [0.3, 0.4) is 0 Å². The molecule has 94 valence electrons. The average Bonchev–Trinajstić information content (AvgIpc) is 2.49. The molecule has 0 radical (unpaired) electrons. The second-order valence-corrected chi connectivity index (χ2v) is 4.74. The largest absolute Gasteiger partial charge is 0.515 e. The molecule has 0 saturated heterocycles. The SMILES string of the molecule is O=C1/C(=C\O)C[C@@H](c2ccccc2)c2ccccc21. The van der Waals surface area contributed by atoms with Crippen LogP contribution in [-0.2, 0) is 0 Å². The maximum Gasteiger partial charge on any atom is 0.192 e. The molecule has 2 heteroatoms. The van der Waals surface area contributed by atoms with E-state index in [0.717, 1.165) is 11.8 Å². The topological polar surface area (TPSA) is 37.3 Å². The van der Waals surface area contributed by atoms with Gasteiger partial charge in [0.15, 0.2) is 5.78 Å². The van der Waals surface area contributed by atoms with Gasteiger partial charge in [-0.05, 0) is 17.5 Å². The summed E-state index contributed by atoms with van der Waals surface area (Å²) in [7, 11) is 0. The zero-order valence-electron chi connectivity index (χ0n) is 10.4. The van der Waals surface area contributed by atoms with Gasteiger partial charge in [0.25, 0.3) is 0 Å². The number of hydrogen-bond acceptors (Lipinski definition) is 2. The van der Waals surface area contributed by atoms with Gasteiger partial charge in [0.2, 0.25) is 0 Å². The van der Waals surface area contributed by atoms with E-state index in [1.807, 2.05) is 42.5 Å². The van der Waals surface area contributed by atoms with Crippen molar-refractivity contribution in [3.8, 4) is 0 Å². The van der Waals surface area contributed by atoms with Gasteiger partial charge >= 0.3 is 0 Å². The first-order valence-corrected chi connectivity index (χ1v) is 6.33. The second-order valence-electron chi connectivity index (χ2n) is 4.74. The summed E-state index contributed by atoms with van der Waals surface area (Å²) in [6.45, 7) is 0. The van der Waals surface area contributed by atoms with Gasteiger partial charge in [-0.2, -0.15) is 0 Å². The van der Waals surface area contributed by atoms with Gasteiger partial charge in [0.1, 0.15) is 0 Å². The Morgan fingerprint density at radius 2 is 1.68 bits per heavy atom. The zero-order chi connectivity index (χ0) is 13.2. The minimum atomic E-state index is -0.0646. The number of fused-ring (bicyclic) bond motifs is 1. The third-order valence-corrected chi connectivity index (χ3v) is 3.65. The molecule has 1 N–H and O–H groups in total. The number of hydrogen-bond donors (Lipinski definition) is 1. The Balaban J connectivity index is 2.16. The summed E-state index contributed by atoms with van der Waals surface area (Å²) in [4.78, 5) is 12.2. The third-order valence-electron chi connectivity index (χ3n) is 3.65. The molecule has 3 rings (SSSR count). The standard InChI is InChI=1S/C17H14O2/c18-11-13-10-16(12-6-2-1-3-7-12)14-8-4-5-9-15(14)17(13)19/h1-9,11,16,18H,10H2/b13-11-/t16-/m0/s1. The highest BCUT2D eigenvalue weighted by Crippen LogP contribution is 2.38. The number of benzene rings is 2. The quantitative estimate of drug-likeness (QED) is 0.616. The molecule has 1 aliphatic carbocycles. The summed E-state index contributed by atoms with van der Waals surface area (Å²) >= 11 is 0. The molecule has 1 aliphatic rings. The highest BCUT2D eigenvalue weighted by molar-refractivity contribution is 6.11. The Hall–Kier alpha value is -2.35. The molecule has 2 aromatic rings. The minimum Gasteiger partial charge on any atom is -0.515 e. The first kappa shape index (κ1) is 11.7. The smallest absolute Gasteiger partial charge is 0.192 e. The van der Waals surface area contributed by atoms with Gasteiger partial charge < -0.3 is 5.11 Å². The van der Waals surface area contributed by atoms with E-state index in [1.165, 1.54) is 5.56 Å². The van der Waals surface area contributed by atoms with E-state index in [4.69, 9.17) is 0 Å². The van der Waals surface area contributed by atoms with E-state index in [0.29, 0.717) is 17.6 Å². The van der Waals surface area contributed by atoms with Gasteiger partial charge in [-0.3, -0.25) is 4.79 Å². The second kappa shape index (κ2) is 4.73. The molecule has 0 saturated carbocycles. The fraction of sp³-hybridized carbons (Fsp3) is 0.118. The number of allylic oxidation sites excluding steroid dienone is 1. The number of Topliss-reactive ketones (excluding diaryl/α,β-unsaturated/α-hetero) is 1. The summed E-state index contributed by atoms with van der Waals surface area (Å²) in [5.74, 6) is 0.0683. The summed E-state index contributed by atoms with van der Waals surface area (Å²) in [6, 6.07) is 17.7. The van der Waals surface area contributed by atoms with Crippen molar-refractivity contribution >= 4 is 5.78 Å². The molecule has 0 unspecified atom stereocenters. The fourth-order valence-electron chi connectivity index (χ4n) is 2.70. The number of rotatable bonds is 1. The highest BCUT2D eigenvalue weighted by atomic mass is 16.2. The van der Waals surface area contributed by atoms with Crippen molar-refractivity contribution in [2.75, 3.05) is 0 Å². The summed E-state index contributed by atoms with van der Waals surface area (Å²) in [5.41, 5.74) is 3.39. The van der Waals surface area contributed by atoms with Crippen molar-refractivity contribution in [2.45, 2.75) is 12.3 Å². The molecular formula is C17H14O2. The van der Waals surface area contributed by atoms with Crippen LogP contribution in [0.15, 0.2) is 66.4 Å². The molecule has 0 heterocycles. The van der Waals surface area contributed by atoms with Crippen molar-refractivity contribution in [1.29, 1.82) is 0 Å². The van der Waals surface area contributed by atoms with Crippen LogP contribution in [0.2, 0.25) is 0 Å². The molecule has 2 aromatic carbocycles. The fourth-order valence-corrected chi connectivity index (χ4v) is 2.70. The van der Waals surface area contributed by atoms with E-state index >= 15 is 0 Å². The molecule has 1 atom stereocenters. The van der Waals surface area contributed by atoms with Crippen LogP contribution in [0.5, 0.6) is 0 Å². The van der Waals surface area contributed by atoms with Crippen molar-refractivity contribution < 1.29 is 9.90 Å². The van der Waals surface area contributed by atoms with Crippen molar-refractivity contribution in [2.24, 2.45) is 0 Å².